The number of rotatable bonds is 0. The summed E-state index contributed by atoms with van der Waals surface area (Å²) in [6, 6.07) is 5.53. The van der Waals surface area contributed by atoms with Crippen LogP contribution in [0.5, 0.6) is 0 Å². The van der Waals surface area contributed by atoms with Crippen molar-refractivity contribution in [1.82, 2.24) is 4.98 Å². The van der Waals surface area contributed by atoms with Crippen molar-refractivity contribution in [2.45, 2.75) is 13.8 Å². The minimum Gasteiger partial charge on any atom is -0.238 e. The van der Waals surface area contributed by atoms with Crippen LogP contribution in [0.4, 0.5) is 0 Å². The number of pyridine rings is 1. The fourth-order valence-corrected chi connectivity index (χ4v) is 0.614. The van der Waals surface area contributed by atoms with Gasteiger partial charge in [-0.25, -0.2) is 4.98 Å². The van der Waals surface area contributed by atoms with Gasteiger partial charge in [0.05, 0.1) is 6.20 Å². The summed E-state index contributed by atoms with van der Waals surface area (Å²) in [5.41, 5.74) is 0.793. The van der Waals surface area contributed by atoms with Crippen LogP contribution in [0.1, 0.15) is 19.5 Å². The Hall–Kier alpha value is -1.29. The molecule has 1 radical (unpaired) electrons. The number of aromatic nitrogens is 1. The predicted octanol–water partition coefficient (Wildman–Crippen LogP) is 1.89. The topological polar surface area (TPSA) is 12.9 Å². The molecule has 0 unspecified atom stereocenters. The van der Waals surface area contributed by atoms with E-state index in [0.717, 1.165) is 5.69 Å². The molecule has 1 rings (SSSR count). The molecular weight excluding hydrogens is 134 g/mol. The predicted molar refractivity (Wildman–Crippen MR) is 44.8 cm³/mol. The third-order valence-corrected chi connectivity index (χ3v) is 1.10. The first-order valence-corrected chi connectivity index (χ1v) is 3.63. The third kappa shape index (κ3) is 2.86. The standard InChI is InChI=1S/C10H10N/c1-9(2)6-7-10-5-3-4-8-11-10/h3-5,9H,1-2H3. The Bertz CT molecular complexity index is 264. The Kier molecular flexibility index (Phi) is 2.68. The van der Waals surface area contributed by atoms with E-state index in [1.165, 1.54) is 0 Å². The van der Waals surface area contributed by atoms with Crippen molar-refractivity contribution in [1.29, 1.82) is 0 Å². The second kappa shape index (κ2) is 3.78. The third-order valence-electron chi connectivity index (χ3n) is 1.10. The van der Waals surface area contributed by atoms with E-state index in [0.29, 0.717) is 5.92 Å². The highest BCUT2D eigenvalue weighted by Gasteiger charge is 1.84. The lowest BCUT2D eigenvalue weighted by molar-refractivity contribution is 0.866. The normalized spacial score (nSPS) is 9.00. The van der Waals surface area contributed by atoms with Gasteiger partial charge in [-0.3, -0.25) is 0 Å². The van der Waals surface area contributed by atoms with Crippen LogP contribution < -0.4 is 0 Å². The number of nitrogens with zero attached hydrogens (tertiary/aromatic N) is 1. The van der Waals surface area contributed by atoms with Crippen LogP contribution in [0.3, 0.4) is 0 Å². The van der Waals surface area contributed by atoms with Crippen molar-refractivity contribution >= 4 is 0 Å². The van der Waals surface area contributed by atoms with Gasteiger partial charge in [0.15, 0.2) is 0 Å². The van der Waals surface area contributed by atoms with Gasteiger partial charge in [0.1, 0.15) is 5.69 Å². The molecule has 55 valence electrons. The highest BCUT2D eigenvalue weighted by atomic mass is 14.6. The molecule has 0 aliphatic heterocycles. The van der Waals surface area contributed by atoms with Crippen molar-refractivity contribution in [2.24, 2.45) is 5.92 Å². The molecule has 0 atom stereocenters. The summed E-state index contributed by atoms with van der Waals surface area (Å²) in [6.45, 7) is 4.11. The first-order chi connectivity index (χ1) is 5.29. The van der Waals surface area contributed by atoms with E-state index in [9.17, 15) is 0 Å². The van der Waals surface area contributed by atoms with Crippen LogP contribution in [0.15, 0.2) is 18.2 Å². The van der Waals surface area contributed by atoms with Crippen LogP contribution in [0.2, 0.25) is 0 Å². The summed E-state index contributed by atoms with van der Waals surface area (Å²) >= 11 is 0. The minimum atomic E-state index is 0.400. The lowest BCUT2D eigenvalue weighted by atomic mass is 10.2. The van der Waals surface area contributed by atoms with E-state index < -0.39 is 0 Å². The Balaban J connectivity index is 2.75. The molecule has 1 heterocycles. The van der Waals surface area contributed by atoms with E-state index >= 15 is 0 Å². The zero-order valence-corrected chi connectivity index (χ0v) is 6.76. The van der Waals surface area contributed by atoms with Crippen LogP contribution in [0.25, 0.3) is 0 Å². The van der Waals surface area contributed by atoms with Crippen molar-refractivity contribution < 1.29 is 0 Å². The van der Waals surface area contributed by atoms with Crippen molar-refractivity contribution in [3.8, 4) is 11.8 Å². The SMILES string of the molecule is CC(C)C#Cc1ccc[c]n1. The van der Waals surface area contributed by atoms with E-state index in [4.69, 9.17) is 0 Å². The molecule has 0 aliphatic carbocycles. The van der Waals surface area contributed by atoms with Gasteiger partial charge < -0.3 is 0 Å². The average molecular weight is 144 g/mol. The first kappa shape index (κ1) is 7.81. The van der Waals surface area contributed by atoms with Gasteiger partial charge in [-0.05, 0) is 18.1 Å². The Morgan fingerprint density at radius 2 is 2.36 bits per heavy atom. The molecule has 0 N–H and O–H groups in total. The molecule has 0 saturated carbocycles. The molecule has 11 heavy (non-hydrogen) atoms. The Labute approximate surface area is 67.5 Å². The van der Waals surface area contributed by atoms with Gasteiger partial charge in [0, 0.05) is 5.92 Å². The van der Waals surface area contributed by atoms with Gasteiger partial charge in [-0.1, -0.05) is 25.8 Å². The highest BCUT2D eigenvalue weighted by molar-refractivity contribution is 5.26. The van der Waals surface area contributed by atoms with Crippen LogP contribution >= 0.6 is 0 Å². The van der Waals surface area contributed by atoms with E-state index in [-0.39, 0.29) is 0 Å². The van der Waals surface area contributed by atoms with E-state index in [1.807, 2.05) is 12.1 Å². The van der Waals surface area contributed by atoms with Gasteiger partial charge >= 0.3 is 0 Å². The van der Waals surface area contributed by atoms with Gasteiger partial charge in [-0.2, -0.15) is 0 Å². The smallest absolute Gasteiger partial charge is 0.113 e. The van der Waals surface area contributed by atoms with Crippen LogP contribution in [-0.4, -0.2) is 4.98 Å². The van der Waals surface area contributed by atoms with E-state index in [1.54, 1.807) is 6.07 Å². The molecular formula is C10H10N. The zero-order chi connectivity index (χ0) is 8.10. The lowest BCUT2D eigenvalue weighted by Gasteiger charge is -1.87. The quantitative estimate of drug-likeness (QED) is 0.507. The molecule has 1 nitrogen and oxygen atoms in total. The molecule has 1 aromatic rings. The lowest BCUT2D eigenvalue weighted by Crippen LogP contribution is -1.82. The second-order valence-corrected chi connectivity index (χ2v) is 2.58. The summed E-state index contributed by atoms with van der Waals surface area (Å²) in [5.74, 6) is 6.38. The summed E-state index contributed by atoms with van der Waals surface area (Å²) in [4.78, 5) is 3.95. The van der Waals surface area contributed by atoms with Gasteiger partial charge in [0.2, 0.25) is 0 Å². The maximum atomic E-state index is 3.95. The molecule has 0 fully saturated rings. The van der Waals surface area contributed by atoms with Crippen molar-refractivity contribution in [3.63, 3.8) is 0 Å². The minimum absolute atomic E-state index is 0.400. The van der Waals surface area contributed by atoms with Crippen LogP contribution in [0, 0.1) is 24.0 Å². The summed E-state index contributed by atoms with van der Waals surface area (Å²) < 4.78 is 0. The van der Waals surface area contributed by atoms with Gasteiger partial charge in [-0.15, -0.1) is 0 Å². The van der Waals surface area contributed by atoms with Crippen molar-refractivity contribution in [2.75, 3.05) is 0 Å². The van der Waals surface area contributed by atoms with Crippen molar-refractivity contribution in [3.05, 3.63) is 30.1 Å². The maximum Gasteiger partial charge on any atom is 0.113 e. The Morgan fingerprint density at radius 1 is 1.55 bits per heavy atom. The largest absolute Gasteiger partial charge is 0.238 e. The molecule has 0 bridgehead atoms. The monoisotopic (exact) mass is 144 g/mol. The molecule has 0 aliphatic rings. The van der Waals surface area contributed by atoms with Crippen LogP contribution in [-0.2, 0) is 0 Å². The fraction of sp³-hybridized carbons (Fsp3) is 0.300. The van der Waals surface area contributed by atoms with Gasteiger partial charge in [0.25, 0.3) is 0 Å². The Morgan fingerprint density at radius 3 is 2.91 bits per heavy atom. The summed E-state index contributed by atoms with van der Waals surface area (Å²) in [7, 11) is 0. The zero-order valence-electron chi connectivity index (χ0n) is 6.76. The average Bonchev–Trinajstić information content (AvgIpc) is 2.03. The molecule has 0 amide bonds. The molecule has 0 saturated heterocycles. The maximum absolute atomic E-state index is 3.95. The first-order valence-electron chi connectivity index (χ1n) is 3.63. The molecule has 1 heteroatoms. The number of hydrogen-bond donors (Lipinski definition) is 0. The number of hydrogen-bond acceptors (Lipinski definition) is 1. The molecule has 1 aromatic heterocycles. The fourth-order valence-electron chi connectivity index (χ4n) is 0.614. The van der Waals surface area contributed by atoms with E-state index in [2.05, 4.69) is 36.9 Å². The summed E-state index contributed by atoms with van der Waals surface area (Å²) in [6.07, 6.45) is 2.73. The molecule has 0 spiro atoms. The summed E-state index contributed by atoms with van der Waals surface area (Å²) in [5, 5.41) is 0. The highest BCUT2D eigenvalue weighted by Crippen LogP contribution is 1.91. The molecule has 0 aromatic carbocycles. The second-order valence-electron chi connectivity index (χ2n) is 2.58.